The van der Waals surface area contributed by atoms with Crippen LogP contribution in [0.25, 0.3) is 0 Å². The number of nitrogens with zero attached hydrogens (tertiary/aromatic N) is 1. The van der Waals surface area contributed by atoms with Crippen molar-refractivity contribution in [2.24, 2.45) is 11.3 Å². The molecule has 2 aliphatic heterocycles. The Hall–Kier alpha value is -3.43. The maximum atomic E-state index is 14.3. The fourth-order valence-electron chi connectivity index (χ4n) is 6.22. The lowest BCUT2D eigenvalue weighted by Crippen LogP contribution is -2.52. The number of benzene rings is 2. The summed E-state index contributed by atoms with van der Waals surface area (Å²) in [6.45, 7) is 7.02. The molecule has 0 spiro atoms. The SMILES string of the molecule is CCOC(=O)NCCCCC(C)(C)CN(C[C@@H](O)[C@H](Cc1ccccc1)NC(=O)O[C@H]1CO[C@H]2OCC[C@H]21)S(=O)(=O)c1cccc(NC)c1. The topological polar surface area (TPSA) is 165 Å². The molecule has 14 heteroatoms. The third kappa shape index (κ3) is 11.3. The van der Waals surface area contributed by atoms with Gasteiger partial charge in [-0.3, -0.25) is 0 Å². The van der Waals surface area contributed by atoms with Gasteiger partial charge in [0.15, 0.2) is 6.29 Å². The lowest BCUT2D eigenvalue weighted by Gasteiger charge is -2.35. The maximum Gasteiger partial charge on any atom is 0.407 e. The summed E-state index contributed by atoms with van der Waals surface area (Å²) in [5.41, 5.74) is 0.987. The fraction of sp³-hybridized carbons (Fsp3) is 0.600. The molecule has 13 nitrogen and oxygen atoms in total. The van der Waals surface area contributed by atoms with Crippen LogP contribution in [-0.4, -0.2) is 101 Å². The zero-order valence-corrected chi connectivity index (χ0v) is 29.7. The van der Waals surface area contributed by atoms with Crippen LogP contribution in [0.2, 0.25) is 0 Å². The van der Waals surface area contributed by atoms with E-state index in [1.165, 1.54) is 10.4 Å². The number of aliphatic hydroxyl groups excluding tert-OH is 1. The van der Waals surface area contributed by atoms with Crippen LogP contribution >= 0.6 is 0 Å². The van der Waals surface area contributed by atoms with Crippen LogP contribution in [-0.2, 0) is 35.4 Å². The summed E-state index contributed by atoms with van der Waals surface area (Å²) in [5.74, 6) is -0.0552. The summed E-state index contributed by atoms with van der Waals surface area (Å²) in [4.78, 5) is 24.9. The van der Waals surface area contributed by atoms with Crippen molar-refractivity contribution in [3.05, 3.63) is 60.2 Å². The van der Waals surface area contributed by atoms with Gasteiger partial charge >= 0.3 is 12.2 Å². The number of amides is 2. The molecule has 0 saturated carbocycles. The zero-order chi connectivity index (χ0) is 35.4. The average molecular weight is 705 g/mol. The van der Waals surface area contributed by atoms with Gasteiger partial charge < -0.3 is 40.0 Å². The van der Waals surface area contributed by atoms with Crippen molar-refractivity contribution in [2.45, 2.75) is 82.3 Å². The number of hydrogen-bond acceptors (Lipinski definition) is 10. The Kier molecular flexibility index (Phi) is 14.1. The van der Waals surface area contributed by atoms with Gasteiger partial charge in [0.1, 0.15) is 6.10 Å². The van der Waals surface area contributed by atoms with E-state index in [0.717, 1.165) is 18.4 Å². The van der Waals surface area contributed by atoms with Gasteiger partial charge in [0.25, 0.3) is 0 Å². The van der Waals surface area contributed by atoms with Crippen LogP contribution < -0.4 is 16.0 Å². The molecule has 2 heterocycles. The highest BCUT2D eigenvalue weighted by atomic mass is 32.2. The molecule has 2 amide bonds. The van der Waals surface area contributed by atoms with E-state index in [1.54, 1.807) is 32.2 Å². The quantitative estimate of drug-likeness (QED) is 0.166. The summed E-state index contributed by atoms with van der Waals surface area (Å²) in [6, 6.07) is 15.0. The number of hydrogen-bond donors (Lipinski definition) is 4. The first-order valence-electron chi connectivity index (χ1n) is 17.0. The van der Waals surface area contributed by atoms with Gasteiger partial charge in [-0.25, -0.2) is 18.0 Å². The van der Waals surface area contributed by atoms with E-state index in [1.807, 2.05) is 44.2 Å². The Morgan fingerprint density at radius 3 is 2.59 bits per heavy atom. The van der Waals surface area contributed by atoms with E-state index in [-0.39, 0.29) is 43.2 Å². The predicted molar refractivity (Wildman–Crippen MR) is 185 cm³/mol. The Labute approximate surface area is 290 Å². The Balaban J connectivity index is 1.51. The van der Waals surface area contributed by atoms with Crippen molar-refractivity contribution in [1.82, 2.24) is 14.9 Å². The average Bonchev–Trinajstić information content (AvgIpc) is 3.69. The number of anilines is 1. The molecule has 4 rings (SSSR count). The highest BCUT2D eigenvalue weighted by Gasteiger charge is 2.44. The minimum atomic E-state index is -4.09. The normalized spacial score (nSPS) is 20.3. The van der Waals surface area contributed by atoms with Gasteiger partial charge in [-0.2, -0.15) is 4.31 Å². The smallest absolute Gasteiger partial charge is 0.407 e. The van der Waals surface area contributed by atoms with Gasteiger partial charge in [-0.15, -0.1) is 0 Å². The molecule has 2 fully saturated rings. The lowest BCUT2D eigenvalue weighted by molar-refractivity contribution is -0.0907. The number of fused-ring (bicyclic) bond motifs is 1. The molecule has 0 bridgehead atoms. The van der Waals surface area contributed by atoms with Crippen LogP contribution in [0.5, 0.6) is 0 Å². The number of sulfonamides is 1. The zero-order valence-electron chi connectivity index (χ0n) is 28.9. The predicted octanol–water partition coefficient (Wildman–Crippen LogP) is 4.12. The lowest BCUT2D eigenvalue weighted by atomic mass is 9.87. The van der Waals surface area contributed by atoms with Gasteiger partial charge in [-0.05, 0) is 61.8 Å². The minimum Gasteiger partial charge on any atom is -0.450 e. The molecule has 272 valence electrons. The molecule has 49 heavy (non-hydrogen) atoms. The fourth-order valence-corrected chi connectivity index (χ4v) is 7.92. The molecule has 0 unspecified atom stereocenters. The van der Waals surface area contributed by atoms with Crippen LogP contribution in [0, 0.1) is 11.3 Å². The number of carbonyl (C=O) groups is 2. The minimum absolute atomic E-state index is 0.0552. The number of carbonyl (C=O) groups excluding carboxylic acids is 2. The maximum absolute atomic E-state index is 14.3. The molecule has 2 saturated heterocycles. The number of rotatable bonds is 18. The number of alkyl carbamates (subject to hydrolysis) is 2. The highest BCUT2D eigenvalue weighted by Crippen LogP contribution is 2.33. The highest BCUT2D eigenvalue weighted by molar-refractivity contribution is 7.89. The first kappa shape index (κ1) is 38.4. The first-order chi connectivity index (χ1) is 23.4. The third-order valence-electron chi connectivity index (χ3n) is 8.89. The van der Waals surface area contributed by atoms with Crippen LogP contribution in [0.3, 0.4) is 0 Å². The van der Waals surface area contributed by atoms with Crippen molar-refractivity contribution in [1.29, 1.82) is 0 Å². The summed E-state index contributed by atoms with van der Waals surface area (Å²) >= 11 is 0. The number of ether oxygens (including phenoxy) is 4. The monoisotopic (exact) mass is 704 g/mol. The first-order valence-corrected chi connectivity index (χ1v) is 18.5. The molecule has 4 N–H and O–H groups in total. The number of nitrogens with one attached hydrogen (secondary N) is 3. The van der Waals surface area contributed by atoms with E-state index in [4.69, 9.17) is 18.9 Å². The molecule has 0 radical (unpaired) electrons. The second kappa shape index (κ2) is 18.0. The summed E-state index contributed by atoms with van der Waals surface area (Å²) in [7, 11) is -2.38. The van der Waals surface area contributed by atoms with Crippen molar-refractivity contribution in [2.75, 3.05) is 51.8 Å². The van der Waals surface area contributed by atoms with Crippen LogP contribution in [0.15, 0.2) is 59.5 Å². The van der Waals surface area contributed by atoms with Crippen LogP contribution in [0.4, 0.5) is 15.3 Å². The third-order valence-corrected chi connectivity index (χ3v) is 10.7. The molecule has 2 aromatic rings. The van der Waals surface area contributed by atoms with Crippen molar-refractivity contribution in [3.8, 4) is 0 Å². The van der Waals surface area contributed by atoms with E-state index in [9.17, 15) is 23.1 Å². The largest absolute Gasteiger partial charge is 0.450 e. The van der Waals surface area contributed by atoms with E-state index in [2.05, 4.69) is 16.0 Å². The molecular weight excluding hydrogens is 652 g/mol. The number of unbranched alkanes of at least 4 members (excludes halogenated alkanes) is 1. The van der Waals surface area contributed by atoms with Gasteiger partial charge in [0.2, 0.25) is 10.0 Å². The molecule has 0 aliphatic carbocycles. The van der Waals surface area contributed by atoms with E-state index < -0.39 is 45.9 Å². The number of aliphatic hydroxyl groups is 1. The second-order valence-corrected chi connectivity index (χ2v) is 15.3. The van der Waals surface area contributed by atoms with Crippen LogP contribution in [0.1, 0.15) is 52.0 Å². The second-order valence-electron chi connectivity index (χ2n) is 13.3. The Bertz CT molecular complexity index is 1460. The molecule has 2 aliphatic rings. The molecular formula is C35H52N4O9S. The summed E-state index contributed by atoms with van der Waals surface area (Å²) < 4.78 is 51.6. The molecule has 0 aromatic heterocycles. The van der Waals surface area contributed by atoms with Gasteiger partial charge in [0.05, 0.1) is 42.8 Å². The van der Waals surface area contributed by atoms with Gasteiger partial charge in [0, 0.05) is 32.4 Å². The summed E-state index contributed by atoms with van der Waals surface area (Å²) in [6.07, 6.45) is -0.301. The Morgan fingerprint density at radius 2 is 1.86 bits per heavy atom. The van der Waals surface area contributed by atoms with Crippen molar-refractivity contribution < 1.29 is 42.1 Å². The van der Waals surface area contributed by atoms with E-state index in [0.29, 0.717) is 38.3 Å². The van der Waals surface area contributed by atoms with Gasteiger partial charge in [-0.1, -0.05) is 56.7 Å². The van der Waals surface area contributed by atoms with Crippen molar-refractivity contribution in [3.63, 3.8) is 0 Å². The molecule has 2 aromatic carbocycles. The summed E-state index contributed by atoms with van der Waals surface area (Å²) in [5, 5.41) is 20.3. The Morgan fingerprint density at radius 1 is 1.08 bits per heavy atom. The standard InChI is InChI=1S/C35H52N4O9S/c1-5-45-33(41)37-18-10-9-17-35(2,3)24-39(49(43,44)27-15-11-14-26(21-27)36-4)22-30(40)29(20-25-12-7-6-8-13-25)38-34(42)48-31-23-47-32-28(31)16-19-46-32/h6-8,11-15,21,28-32,36,40H,5,9-10,16-20,22-24H2,1-4H3,(H,37,41)(H,38,42)/t28-,29-,30+,31-,32+/m0/s1. The van der Waals surface area contributed by atoms with Crippen molar-refractivity contribution >= 4 is 27.9 Å². The van der Waals surface area contributed by atoms with E-state index >= 15 is 0 Å². The molecule has 5 atom stereocenters.